The molecule has 0 bridgehead atoms. The molecule has 0 aliphatic heterocycles. The van der Waals surface area contributed by atoms with Gasteiger partial charge in [0.1, 0.15) is 5.03 Å². The van der Waals surface area contributed by atoms with Crippen molar-refractivity contribution in [2.24, 2.45) is 0 Å². The zero-order chi connectivity index (χ0) is 13.9. The number of nitrogens with zero attached hydrogens (tertiary/aromatic N) is 2. The van der Waals surface area contributed by atoms with Gasteiger partial charge in [-0.2, -0.15) is 4.98 Å². The van der Waals surface area contributed by atoms with Crippen molar-refractivity contribution in [1.29, 1.82) is 0 Å². The maximum Gasteiger partial charge on any atom is 0.269 e. The fraction of sp³-hybridized carbons (Fsp3) is 0. The minimum Gasteiger partial charge on any atom is -0.333 e. The smallest absolute Gasteiger partial charge is 0.269 e. The molecule has 0 saturated carbocycles. The lowest BCUT2D eigenvalue weighted by Crippen LogP contribution is -1.81. The van der Waals surface area contributed by atoms with E-state index in [9.17, 15) is 0 Å². The Labute approximate surface area is 133 Å². The minimum atomic E-state index is 0.315. The maximum absolute atomic E-state index is 6.19. The van der Waals surface area contributed by atoms with Crippen molar-refractivity contribution in [3.63, 3.8) is 0 Å². The van der Waals surface area contributed by atoms with Gasteiger partial charge in [0.05, 0.1) is 0 Å². The lowest BCUT2D eigenvalue weighted by Gasteiger charge is -1.94. The van der Waals surface area contributed by atoms with Gasteiger partial charge in [-0.25, -0.2) is 0 Å². The molecule has 0 amide bonds. The SMILES string of the molecule is Cl/C(=C\c1cccs1)c1nc(-c2cccc(Br)c2)no1. The maximum atomic E-state index is 6.19. The molecule has 6 heteroatoms. The topological polar surface area (TPSA) is 38.9 Å². The van der Waals surface area contributed by atoms with Gasteiger partial charge in [0, 0.05) is 14.9 Å². The van der Waals surface area contributed by atoms with E-state index in [1.54, 1.807) is 11.3 Å². The van der Waals surface area contributed by atoms with Crippen molar-refractivity contribution in [2.75, 3.05) is 0 Å². The first-order valence-electron chi connectivity index (χ1n) is 5.73. The highest BCUT2D eigenvalue weighted by Gasteiger charge is 2.11. The molecule has 0 fully saturated rings. The Balaban J connectivity index is 1.91. The molecule has 3 aromatic rings. The molecule has 0 aliphatic carbocycles. The summed E-state index contributed by atoms with van der Waals surface area (Å²) in [5.41, 5.74) is 0.870. The van der Waals surface area contributed by atoms with E-state index in [0.717, 1.165) is 14.9 Å². The molecule has 0 radical (unpaired) electrons. The van der Waals surface area contributed by atoms with E-state index in [1.807, 2.05) is 47.9 Å². The van der Waals surface area contributed by atoms with Gasteiger partial charge in [0.25, 0.3) is 5.89 Å². The molecule has 3 rings (SSSR count). The standard InChI is InChI=1S/C14H8BrClN2OS/c15-10-4-1-3-9(7-10)13-17-14(19-18-13)12(16)8-11-5-2-6-20-11/h1-8H/b12-8-. The van der Waals surface area contributed by atoms with Gasteiger partial charge in [-0.3, -0.25) is 0 Å². The van der Waals surface area contributed by atoms with E-state index in [-0.39, 0.29) is 0 Å². The first-order chi connectivity index (χ1) is 9.72. The lowest BCUT2D eigenvalue weighted by molar-refractivity contribution is 0.410. The minimum absolute atomic E-state index is 0.315. The molecule has 0 atom stereocenters. The van der Waals surface area contributed by atoms with Crippen LogP contribution in [0.2, 0.25) is 0 Å². The number of aromatic nitrogens is 2. The molecule has 0 spiro atoms. The molecule has 0 unspecified atom stereocenters. The van der Waals surface area contributed by atoms with Gasteiger partial charge in [0.15, 0.2) is 0 Å². The van der Waals surface area contributed by atoms with Crippen LogP contribution in [0.15, 0.2) is 50.8 Å². The molecule has 0 saturated heterocycles. The summed E-state index contributed by atoms with van der Waals surface area (Å²) in [5.74, 6) is 0.828. The van der Waals surface area contributed by atoms with Gasteiger partial charge in [0.2, 0.25) is 5.82 Å². The van der Waals surface area contributed by atoms with Crippen LogP contribution in [0.4, 0.5) is 0 Å². The number of hydrogen-bond donors (Lipinski definition) is 0. The second-order valence-corrected chi connectivity index (χ2v) is 6.24. The fourth-order valence-electron chi connectivity index (χ4n) is 1.63. The zero-order valence-corrected chi connectivity index (χ0v) is 13.2. The molecule has 2 aromatic heterocycles. The van der Waals surface area contributed by atoms with Gasteiger partial charge in [-0.05, 0) is 29.7 Å². The summed E-state index contributed by atoms with van der Waals surface area (Å²) in [4.78, 5) is 5.35. The molecule has 20 heavy (non-hydrogen) atoms. The van der Waals surface area contributed by atoms with Crippen molar-refractivity contribution >= 4 is 50.0 Å². The second kappa shape index (κ2) is 5.91. The molecule has 0 N–H and O–H groups in total. The van der Waals surface area contributed by atoms with Gasteiger partial charge < -0.3 is 4.52 Å². The largest absolute Gasteiger partial charge is 0.333 e. The number of benzene rings is 1. The highest BCUT2D eigenvalue weighted by atomic mass is 79.9. The molecular formula is C14H8BrClN2OS. The number of thiophene rings is 1. The summed E-state index contributed by atoms with van der Waals surface area (Å²) in [6, 6.07) is 11.6. The Morgan fingerprint density at radius 3 is 2.95 bits per heavy atom. The fourth-order valence-corrected chi connectivity index (χ4v) is 2.94. The summed E-state index contributed by atoms with van der Waals surface area (Å²) in [5, 5.41) is 6.36. The van der Waals surface area contributed by atoms with Crippen molar-refractivity contribution in [1.82, 2.24) is 10.1 Å². The van der Waals surface area contributed by atoms with Gasteiger partial charge in [-0.1, -0.05) is 50.9 Å². The van der Waals surface area contributed by atoms with Crippen LogP contribution in [-0.2, 0) is 0 Å². The first kappa shape index (κ1) is 13.5. The van der Waals surface area contributed by atoms with E-state index in [0.29, 0.717) is 16.7 Å². The van der Waals surface area contributed by atoms with Crippen molar-refractivity contribution in [3.8, 4) is 11.4 Å². The Hall–Kier alpha value is -1.43. The van der Waals surface area contributed by atoms with E-state index in [2.05, 4.69) is 26.1 Å². The zero-order valence-electron chi connectivity index (χ0n) is 10.1. The molecular weight excluding hydrogens is 360 g/mol. The lowest BCUT2D eigenvalue weighted by atomic mass is 10.2. The van der Waals surface area contributed by atoms with Crippen LogP contribution in [0.1, 0.15) is 10.8 Å². The Bertz CT molecular complexity index is 752. The highest BCUT2D eigenvalue weighted by Crippen LogP contribution is 2.26. The summed E-state index contributed by atoms with van der Waals surface area (Å²) in [7, 11) is 0. The summed E-state index contributed by atoms with van der Waals surface area (Å²) in [6.07, 6.45) is 1.81. The predicted octanol–water partition coefficient (Wildman–Crippen LogP) is 5.30. The Kier molecular flexibility index (Phi) is 4.00. The van der Waals surface area contributed by atoms with E-state index in [1.165, 1.54) is 0 Å². The molecule has 2 heterocycles. The predicted molar refractivity (Wildman–Crippen MR) is 85.5 cm³/mol. The van der Waals surface area contributed by atoms with E-state index < -0.39 is 0 Å². The number of hydrogen-bond acceptors (Lipinski definition) is 4. The molecule has 1 aromatic carbocycles. The summed E-state index contributed by atoms with van der Waals surface area (Å²) in [6.45, 7) is 0. The molecule has 100 valence electrons. The summed E-state index contributed by atoms with van der Waals surface area (Å²) >= 11 is 11.2. The number of rotatable bonds is 3. The van der Waals surface area contributed by atoms with Crippen LogP contribution < -0.4 is 0 Å². The van der Waals surface area contributed by atoms with Crippen LogP contribution in [-0.4, -0.2) is 10.1 Å². The van der Waals surface area contributed by atoms with Crippen molar-refractivity contribution in [3.05, 3.63) is 57.0 Å². The summed E-state index contributed by atoms with van der Waals surface area (Å²) < 4.78 is 6.16. The Morgan fingerprint density at radius 2 is 2.20 bits per heavy atom. The third-order valence-corrected chi connectivity index (χ3v) is 4.11. The van der Waals surface area contributed by atoms with Crippen LogP contribution in [0.3, 0.4) is 0 Å². The average Bonchev–Trinajstić information content (AvgIpc) is 3.09. The monoisotopic (exact) mass is 366 g/mol. The van der Waals surface area contributed by atoms with E-state index in [4.69, 9.17) is 16.1 Å². The van der Waals surface area contributed by atoms with Crippen LogP contribution >= 0.6 is 38.9 Å². The van der Waals surface area contributed by atoms with Crippen molar-refractivity contribution in [2.45, 2.75) is 0 Å². The third kappa shape index (κ3) is 3.00. The van der Waals surface area contributed by atoms with Crippen LogP contribution in [0, 0.1) is 0 Å². The first-order valence-corrected chi connectivity index (χ1v) is 7.78. The molecule has 0 aliphatic rings. The average molecular weight is 368 g/mol. The van der Waals surface area contributed by atoms with Gasteiger partial charge >= 0.3 is 0 Å². The second-order valence-electron chi connectivity index (χ2n) is 3.94. The quantitative estimate of drug-likeness (QED) is 0.630. The van der Waals surface area contributed by atoms with Gasteiger partial charge in [-0.15, -0.1) is 11.3 Å². The van der Waals surface area contributed by atoms with Crippen LogP contribution in [0.25, 0.3) is 22.5 Å². The van der Waals surface area contributed by atoms with E-state index >= 15 is 0 Å². The third-order valence-electron chi connectivity index (χ3n) is 2.53. The van der Waals surface area contributed by atoms with Crippen LogP contribution in [0.5, 0.6) is 0 Å². The van der Waals surface area contributed by atoms with Crippen molar-refractivity contribution < 1.29 is 4.52 Å². The highest BCUT2D eigenvalue weighted by molar-refractivity contribution is 9.10. The molecule has 3 nitrogen and oxygen atoms in total. The normalized spacial score (nSPS) is 11.8. The number of halogens is 2. The Morgan fingerprint density at radius 1 is 1.30 bits per heavy atom.